The summed E-state index contributed by atoms with van der Waals surface area (Å²) in [5.41, 5.74) is 4.61. The monoisotopic (exact) mass is 342 g/mol. The summed E-state index contributed by atoms with van der Waals surface area (Å²) in [7, 11) is 1.90. The minimum atomic E-state index is -0.0574. The molecule has 24 heavy (non-hydrogen) atoms. The first-order valence-electron chi connectivity index (χ1n) is 7.89. The van der Waals surface area contributed by atoms with E-state index in [0.717, 1.165) is 27.9 Å². The molecule has 1 aliphatic rings. The van der Waals surface area contributed by atoms with Crippen molar-refractivity contribution >= 4 is 28.1 Å². The maximum Gasteiger partial charge on any atom is 0.220 e. The molecule has 124 valence electrons. The first kappa shape index (κ1) is 15.1. The number of carbonyl (C=O) groups excluding carboxylic acids is 1. The number of thiazole rings is 1. The molecule has 0 radical (unpaired) electrons. The van der Waals surface area contributed by atoms with Gasteiger partial charge >= 0.3 is 0 Å². The van der Waals surface area contributed by atoms with Crippen molar-refractivity contribution in [3.63, 3.8) is 0 Å². The third kappa shape index (κ3) is 2.75. The van der Waals surface area contributed by atoms with Crippen LogP contribution in [0.1, 0.15) is 13.3 Å². The van der Waals surface area contributed by atoms with Gasteiger partial charge in [0.1, 0.15) is 11.9 Å². The molecule has 1 fully saturated rings. The summed E-state index contributed by atoms with van der Waals surface area (Å²) < 4.78 is 8.03. The SMILES string of the molecule is CC(Oc1cc(-c2cscn2)cc2nn(C)cc12)[C@H]1CNC(=O)C1. The number of carbonyl (C=O) groups is 1. The van der Waals surface area contributed by atoms with E-state index in [9.17, 15) is 4.79 Å². The van der Waals surface area contributed by atoms with Crippen molar-refractivity contribution < 1.29 is 9.53 Å². The number of aryl methyl sites for hydroxylation is 1. The van der Waals surface area contributed by atoms with Crippen LogP contribution in [0.5, 0.6) is 5.75 Å². The lowest BCUT2D eigenvalue weighted by Crippen LogP contribution is -2.25. The fourth-order valence-electron chi connectivity index (χ4n) is 3.07. The number of fused-ring (bicyclic) bond motifs is 1. The minimum absolute atomic E-state index is 0.0574. The van der Waals surface area contributed by atoms with Gasteiger partial charge in [0.05, 0.1) is 22.1 Å². The lowest BCUT2D eigenvalue weighted by atomic mass is 10.0. The van der Waals surface area contributed by atoms with E-state index in [1.165, 1.54) is 0 Å². The largest absolute Gasteiger partial charge is 0.490 e. The lowest BCUT2D eigenvalue weighted by molar-refractivity contribution is -0.119. The van der Waals surface area contributed by atoms with Gasteiger partial charge < -0.3 is 10.1 Å². The number of benzene rings is 1. The molecule has 0 bridgehead atoms. The molecule has 3 aromatic rings. The van der Waals surface area contributed by atoms with Gasteiger partial charge in [0.15, 0.2) is 0 Å². The van der Waals surface area contributed by atoms with Crippen LogP contribution in [-0.2, 0) is 11.8 Å². The molecular weight excluding hydrogens is 324 g/mol. The van der Waals surface area contributed by atoms with Gasteiger partial charge in [-0.3, -0.25) is 9.48 Å². The van der Waals surface area contributed by atoms with E-state index in [4.69, 9.17) is 4.74 Å². The van der Waals surface area contributed by atoms with Gasteiger partial charge in [-0.05, 0) is 19.1 Å². The van der Waals surface area contributed by atoms with Gasteiger partial charge in [-0.1, -0.05) is 0 Å². The Bertz CT molecular complexity index is 888. The van der Waals surface area contributed by atoms with Crippen molar-refractivity contribution in [3.8, 4) is 17.0 Å². The fraction of sp³-hybridized carbons (Fsp3) is 0.353. The Morgan fingerprint density at radius 2 is 2.33 bits per heavy atom. The highest BCUT2D eigenvalue weighted by Gasteiger charge is 2.28. The Morgan fingerprint density at radius 3 is 3.04 bits per heavy atom. The molecule has 4 rings (SSSR count). The predicted octanol–water partition coefficient (Wildman–Crippen LogP) is 2.60. The van der Waals surface area contributed by atoms with Crippen molar-refractivity contribution in [2.45, 2.75) is 19.4 Å². The number of rotatable bonds is 4. The second kappa shape index (κ2) is 5.90. The molecule has 0 aliphatic carbocycles. The van der Waals surface area contributed by atoms with Crippen molar-refractivity contribution in [1.82, 2.24) is 20.1 Å². The summed E-state index contributed by atoms with van der Waals surface area (Å²) in [4.78, 5) is 15.8. The van der Waals surface area contributed by atoms with Crippen LogP contribution in [0, 0.1) is 5.92 Å². The second-order valence-electron chi connectivity index (χ2n) is 6.17. The minimum Gasteiger partial charge on any atom is -0.490 e. The Labute approximate surface area is 143 Å². The van der Waals surface area contributed by atoms with Crippen LogP contribution in [0.4, 0.5) is 0 Å². The molecule has 7 heteroatoms. The fourth-order valence-corrected chi connectivity index (χ4v) is 3.63. The van der Waals surface area contributed by atoms with E-state index in [-0.39, 0.29) is 17.9 Å². The number of ether oxygens (including phenoxy) is 1. The zero-order valence-electron chi connectivity index (χ0n) is 13.5. The summed E-state index contributed by atoms with van der Waals surface area (Å²) in [6, 6.07) is 4.04. The molecule has 1 amide bonds. The highest BCUT2D eigenvalue weighted by atomic mass is 32.1. The van der Waals surface area contributed by atoms with Crippen molar-refractivity contribution in [3.05, 3.63) is 29.2 Å². The first-order valence-corrected chi connectivity index (χ1v) is 8.84. The van der Waals surface area contributed by atoms with Crippen LogP contribution in [0.25, 0.3) is 22.2 Å². The van der Waals surface area contributed by atoms with Crippen molar-refractivity contribution in [2.24, 2.45) is 13.0 Å². The van der Waals surface area contributed by atoms with Gasteiger partial charge in [0.2, 0.25) is 5.91 Å². The Hall–Kier alpha value is -2.41. The molecule has 1 unspecified atom stereocenters. The van der Waals surface area contributed by atoms with Gasteiger partial charge in [-0.2, -0.15) is 5.10 Å². The van der Waals surface area contributed by atoms with Crippen LogP contribution in [0.2, 0.25) is 0 Å². The van der Waals surface area contributed by atoms with E-state index >= 15 is 0 Å². The zero-order valence-corrected chi connectivity index (χ0v) is 14.3. The quantitative estimate of drug-likeness (QED) is 0.791. The molecule has 1 N–H and O–H groups in total. The molecule has 0 spiro atoms. The van der Waals surface area contributed by atoms with Crippen LogP contribution in [0.3, 0.4) is 0 Å². The Kier molecular flexibility index (Phi) is 3.72. The van der Waals surface area contributed by atoms with Gasteiger partial charge in [-0.25, -0.2) is 4.98 Å². The van der Waals surface area contributed by atoms with E-state index in [1.807, 2.05) is 43.2 Å². The summed E-state index contributed by atoms with van der Waals surface area (Å²) in [5.74, 6) is 1.07. The van der Waals surface area contributed by atoms with E-state index in [1.54, 1.807) is 16.0 Å². The van der Waals surface area contributed by atoms with Gasteiger partial charge in [0.25, 0.3) is 0 Å². The number of amides is 1. The summed E-state index contributed by atoms with van der Waals surface area (Å²) in [6.07, 6.45) is 2.42. The topological polar surface area (TPSA) is 69.0 Å². The molecular formula is C17H18N4O2S. The van der Waals surface area contributed by atoms with Crippen LogP contribution < -0.4 is 10.1 Å². The molecule has 6 nitrogen and oxygen atoms in total. The number of nitrogens with one attached hydrogen (secondary N) is 1. The molecule has 1 aromatic carbocycles. The van der Waals surface area contributed by atoms with Crippen molar-refractivity contribution in [1.29, 1.82) is 0 Å². The van der Waals surface area contributed by atoms with Crippen LogP contribution >= 0.6 is 11.3 Å². The standard InChI is InChI=1S/C17H18N4O2S/c1-10(12-5-17(22)18-6-12)23-16-4-11(15-8-24-9-19-15)3-14-13(16)7-21(2)20-14/h3-4,7-10,12H,5-6H2,1-2H3,(H,18,22)/t10?,12-/m1/s1. The zero-order chi connectivity index (χ0) is 16.7. The molecule has 3 heterocycles. The number of hydrogen-bond donors (Lipinski definition) is 1. The maximum absolute atomic E-state index is 11.4. The molecule has 2 aromatic heterocycles. The average Bonchev–Trinajstić information content (AvgIpc) is 3.26. The normalized spacial score (nSPS) is 18.8. The van der Waals surface area contributed by atoms with Gasteiger partial charge in [0, 0.05) is 43.1 Å². The van der Waals surface area contributed by atoms with Gasteiger partial charge in [-0.15, -0.1) is 11.3 Å². The predicted molar refractivity (Wildman–Crippen MR) is 93.0 cm³/mol. The summed E-state index contributed by atoms with van der Waals surface area (Å²) >= 11 is 1.56. The van der Waals surface area contributed by atoms with Crippen LogP contribution in [-0.4, -0.2) is 33.3 Å². The third-order valence-electron chi connectivity index (χ3n) is 4.42. The number of nitrogens with zero attached hydrogens (tertiary/aromatic N) is 3. The lowest BCUT2D eigenvalue weighted by Gasteiger charge is -2.20. The Balaban J connectivity index is 1.71. The van der Waals surface area contributed by atoms with E-state index in [0.29, 0.717) is 13.0 Å². The summed E-state index contributed by atoms with van der Waals surface area (Å²) in [5, 5.41) is 10.4. The highest BCUT2D eigenvalue weighted by molar-refractivity contribution is 7.07. The van der Waals surface area contributed by atoms with E-state index in [2.05, 4.69) is 15.4 Å². The second-order valence-corrected chi connectivity index (χ2v) is 6.89. The van der Waals surface area contributed by atoms with Crippen molar-refractivity contribution in [2.75, 3.05) is 6.54 Å². The highest BCUT2D eigenvalue weighted by Crippen LogP contribution is 2.33. The smallest absolute Gasteiger partial charge is 0.220 e. The number of hydrogen-bond acceptors (Lipinski definition) is 5. The van der Waals surface area contributed by atoms with Crippen LogP contribution in [0.15, 0.2) is 29.2 Å². The summed E-state index contributed by atoms with van der Waals surface area (Å²) in [6.45, 7) is 2.69. The average molecular weight is 342 g/mol. The molecule has 1 saturated heterocycles. The number of aromatic nitrogens is 3. The Morgan fingerprint density at radius 1 is 1.46 bits per heavy atom. The molecule has 0 saturated carbocycles. The maximum atomic E-state index is 11.4. The third-order valence-corrected chi connectivity index (χ3v) is 5.00. The molecule has 2 atom stereocenters. The molecule has 1 aliphatic heterocycles. The first-order chi connectivity index (χ1) is 11.6. The van der Waals surface area contributed by atoms with E-state index < -0.39 is 0 Å².